The monoisotopic (exact) mass is 350 g/mol. The molecule has 1 rings (SSSR count). The fourth-order valence-electron chi connectivity index (χ4n) is 1.26. The van der Waals surface area contributed by atoms with Gasteiger partial charge in [0.05, 0.1) is 6.54 Å². The molecule has 0 bridgehead atoms. The van der Waals surface area contributed by atoms with Crippen molar-refractivity contribution in [2.24, 2.45) is 0 Å². The molecule has 1 aromatic rings. The zero-order chi connectivity index (χ0) is 14.6. The maximum Gasteiger partial charge on any atom is 0.244 e. The largest absolute Gasteiger partial charge is 0.383 e. The van der Waals surface area contributed by atoms with Crippen LogP contribution in [0.5, 0.6) is 0 Å². The summed E-state index contributed by atoms with van der Waals surface area (Å²) in [6.07, 6.45) is 1.39. The molecule has 0 atom stereocenters. The number of rotatable bonds is 5. The van der Waals surface area contributed by atoms with Crippen molar-refractivity contribution in [3.63, 3.8) is 0 Å². The van der Waals surface area contributed by atoms with Gasteiger partial charge >= 0.3 is 0 Å². The van der Waals surface area contributed by atoms with Gasteiger partial charge in [0, 0.05) is 16.7 Å². The Kier molecular flexibility index (Phi) is 5.27. The van der Waals surface area contributed by atoms with E-state index < -0.39 is 15.9 Å². The molecular weight excluding hydrogens is 336 g/mol. The third-order valence-corrected chi connectivity index (χ3v) is 3.87. The first-order valence-corrected chi connectivity index (χ1v) is 7.70. The van der Waals surface area contributed by atoms with E-state index in [1.54, 1.807) is 13.8 Å². The molecule has 0 saturated heterocycles. The van der Waals surface area contributed by atoms with Crippen molar-refractivity contribution in [1.29, 1.82) is 0 Å². The first-order valence-electron chi connectivity index (χ1n) is 5.42. The Morgan fingerprint density at radius 2 is 2.16 bits per heavy atom. The summed E-state index contributed by atoms with van der Waals surface area (Å²) in [6.45, 7) is 3.21. The number of carbonyl (C=O) groups excluding carboxylic acids is 1. The highest BCUT2D eigenvalue weighted by Crippen LogP contribution is 2.19. The summed E-state index contributed by atoms with van der Waals surface area (Å²) in [7, 11) is -3.87. The molecule has 1 amide bonds. The van der Waals surface area contributed by atoms with Crippen molar-refractivity contribution in [2.45, 2.75) is 24.8 Å². The molecular formula is C10H15BrN4O3S. The minimum atomic E-state index is -3.87. The van der Waals surface area contributed by atoms with E-state index in [9.17, 15) is 13.2 Å². The van der Waals surface area contributed by atoms with Gasteiger partial charge in [-0.2, -0.15) is 0 Å². The van der Waals surface area contributed by atoms with Crippen LogP contribution in [-0.4, -0.2) is 31.9 Å². The molecule has 0 aliphatic heterocycles. The number of amides is 1. The van der Waals surface area contributed by atoms with Gasteiger partial charge in [-0.3, -0.25) is 4.79 Å². The van der Waals surface area contributed by atoms with Crippen LogP contribution in [0.1, 0.15) is 13.8 Å². The molecule has 1 heterocycles. The molecule has 0 aromatic carbocycles. The summed E-state index contributed by atoms with van der Waals surface area (Å²) in [5.41, 5.74) is 5.51. The van der Waals surface area contributed by atoms with Crippen LogP contribution in [0.3, 0.4) is 0 Å². The second kappa shape index (κ2) is 6.31. The number of halogens is 1. The van der Waals surface area contributed by atoms with Crippen LogP contribution in [0.25, 0.3) is 0 Å². The van der Waals surface area contributed by atoms with Crippen molar-refractivity contribution in [2.75, 3.05) is 12.3 Å². The predicted molar refractivity (Wildman–Crippen MR) is 74.8 cm³/mol. The highest BCUT2D eigenvalue weighted by Gasteiger charge is 2.19. The summed E-state index contributed by atoms with van der Waals surface area (Å²) in [5.74, 6) is -0.542. The Morgan fingerprint density at radius 1 is 1.53 bits per heavy atom. The number of nitrogens with zero attached hydrogens (tertiary/aromatic N) is 1. The van der Waals surface area contributed by atoms with Crippen LogP contribution in [0.2, 0.25) is 0 Å². The van der Waals surface area contributed by atoms with Gasteiger partial charge in [-0.25, -0.2) is 18.1 Å². The van der Waals surface area contributed by atoms with Gasteiger partial charge in [-0.05, 0) is 35.8 Å². The summed E-state index contributed by atoms with van der Waals surface area (Å²) >= 11 is 3.11. The highest BCUT2D eigenvalue weighted by atomic mass is 79.9. The molecule has 9 heteroatoms. The maximum absolute atomic E-state index is 12.0. The number of hydrogen-bond donors (Lipinski definition) is 3. The molecule has 0 saturated carbocycles. The number of nitrogens with one attached hydrogen (secondary N) is 2. The van der Waals surface area contributed by atoms with E-state index >= 15 is 0 Å². The van der Waals surface area contributed by atoms with E-state index in [1.807, 2.05) is 0 Å². The Balaban J connectivity index is 2.82. The maximum atomic E-state index is 12.0. The standard InChI is InChI=1S/C10H15BrN4O3S/c1-6(2)15-9(16)5-14-19(17,18)8-3-7(11)4-13-10(8)12/h3-4,6,14H,5H2,1-2H3,(H2,12,13)(H,15,16). The lowest BCUT2D eigenvalue weighted by Crippen LogP contribution is -2.39. The quantitative estimate of drug-likeness (QED) is 0.703. The van der Waals surface area contributed by atoms with Gasteiger partial charge in [-0.1, -0.05) is 0 Å². The molecule has 1 aromatic heterocycles. The number of anilines is 1. The van der Waals surface area contributed by atoms with Gasteiger partial charge in [0.2, 0.25) is 15.9 Å². The van der Waals surface area contributed by atoms with Crippen molar-refractivity contribution in [1.82, 2.24) is 15.0 Å². The number of sulfonamides is 1. The molecule has 19 heavy (non-hydrogen) atoms. The van der Waals surface area contributed by atoms with Crippen LogP contribution in [0.4, 0.5) is 5.82 Å². The van der Waals surface area contributed by atoms with Gasteiger partial charge in [0.15, 0.2) is 0 Å². The zero-order valence-corrected chi connectivity index (χ0v) is 12.9. The normalized spacial score (nSPS) is 11.6. The first kappa shape index (κ1) is 15.9. The van der Waals surface area contributed by atoms with Crippen molar-refractivity contribution in [3.05, 3.63) is 16.7 Å². The van der Waals surface area contributed by atoms with E-state index in [1.165, 1.54) is 12.3 Å². The summed E-state index contributed by atoms with van der Waals surface area (Å²) < 4.78 is 26.6. The number of pyridine rings is 1. The second-order valence-electron chi connectivity index (χ2n) is 4.08. The Bertz CT molecular complexity index is 574. The lowest BCUT2D eigenvalue weighted by molar-refractivity contribution is -0.120. The van der Waals surface area contributed by atoms with Crippen LogP contribution in [0.15, 0.2) is 21.6 Å². The molecule has 0 radical (unpaired) electrons. The van der Waals surface area contributed by atoms with Crippen molar-refractivity contribution >= 4 is 37.7 Å². The molecule has 106 valence electrons. The SMILES string of the molecule is CC(C)NC(=O)CNS(=O)(=O)c1cc(Br)cnc1N. The number of nitrogens with two attached hydrogens (primary N) is 1. The molecule has 0 unspecified atom stereocenters. The first-order chi connectivity index (χ1) is 8.72. The topological polar surface area (TPSA) is 114 Å². The van der Waals surface area contributed by atoms with Crippen LogP contribution in [0, 0.1) is 0 Å². The lowest BCUT2D eigenvalue weighted by atomic mass is 10.4. The Hall–Kier alpha value is -1.19. The summed E-state index contributed by atoms with van der Waals surface area (Å²) in [5, 5.41) is 2.57. The summed E-state index contributed by atoms with van der Waals surface area (Å²) in [6, 6.07) is 1.26. The number of carbonyl (C=O) groups is 1. The van der Waals surface area contributed by atoms with E-state index in [4.69, 9.17) is 5.73 Å². The fraction of sp³-hybridized carbons (Fsp3) is 0.400. The van der Waals surface area contributed by atoms with Gasteiger partial charge in [0.25, 0.3) is 0 Å². The Morgan fingerprint density at radius 3 is 2.74 bits per heavy atom. The minimum Gasteiger partial charge on any atom is -0.383 e. The lowest BCUT2D eigenvalue weighted by Gasteiger charge is -2.10. The molecule has 4 N–H and O–H groups in total. The van der Waals surface area contributed by atoms with Crippen LogP contribution in [-0.2, 0) is 14.8 Å². The van der Waals surface area contributed by atoms with E-state index in [2.05, 4.69) is 31.0 Å². The predicted octanol–water partition coefficient (Wildman–Crippen LogP) is 0.229. The van der Waals surface area contributed by atoms with Gasteiger partial charge in [-0.15, -0.1) is 0 Å². The van der Waals surface area contributed by atoms with Crippen LogP contribution < -0.4 is 15.8 Å². The van der Waals surface area contributed by atoms with E-state index in [0.29, 0.717) is 4.47 Å². The third kappa shape index (κ3) is 4.77. The van der Waals surface area contributed by atoms with E-state index in [0.717, 1.165) is 0 Å². The van der Waals surface area contributed by atoms with Crippen molar-refractivity contribution < 1.29 is 13.2 Å². The van der Waals surface area contributed by atoms with Crippen LogP contribution >= 0.6 is 15.9 Å². The Labute approximate surface area is 120 Å². The molecule has 7 nitrogen and oxygen atoms in total. The van der Waals surface area contributed by atoms with Gasteiger partial charge in [0.1, 0.15) is 10.7 Å². The highest BCUT2D eigenvalue weighted by molar-refractivity contribution is 9.10. The summed E-state index contributed by atoms with van der Waals surface area (Å²) in [4.78, 5) is 15.0. The molecule has 0 aliphatic carbocycles. The number of hydrogen-bond acceptors (Lipinski definition) is 5. The number of aromatic nitrogens is 1. The minimum absolute atomic E-state index is 0.0605. The average Bonchev–Trinajstić information content (AvgIpc) is 2.29. The number of nitrogen functional groups attached to an aromatic ring is 1. The molecule has 0 fully saturated rings. The van der Waals surface area contributed by atoms with E-state index in [-0.39, 0.29) is 23.3 Å². The third-order valence-electron chi connectivity index (χ3n) is 2.01. The van der Waals surface area contributed by atoms with Crippen molar-refractivity contribution in [3.8, 4) is 0 Å². The van der Waals surface area contributed by atoms with Gasteiger partial charge < -0.3 is 11.1 Å². The second-order valence-corrected chi connectivity index (χ2v) is 6.73. The average molecular weight is 351 g/mol. The fourth-order valence-corrected chi connectivity index (χ4v) is 2.83. The molecule has 0 spiro atoms. The smallest absolute Gasteiger partial charge is 0.244 e. The molecule has 0 aliphatic rings. The zero-order valence-electron chi connectivity index (χ0n) is 10.5.